The molecule has 0 aliphatic carbocycles. The van der Waals surface area contributed by atoms with Crippen molar-refractivity contribution in [3.63, 3.8) is 0 Å². The number of likely N-dealkylation sites (tertiary alicyclic amines) is 1. The molecule has 1 fully saturated rings. The molecule has 0 bridgehead atoms. The molecule has 2 unspecified atom stereocenters. The minimum absolute atomic E-state index is 0.0317. The van der Waals surface area contributed by atoms with Crippen molar-refractivity contribution >= 4 is 17.5 Å². The first-order chi connectivity index (χ1) is 13.2. The van der Waals surface area contributed by atoms with E-state index in [0.29, 0.717) is 19.6 Å². The summed E-state index contributed by atoms with van der Waals surface area (Å²) in [5.74, 6) is -0.145. The van der Waals surface area contributed by atoms with Crippen LogP contribution in [0, 0.1) is 0 Å². The van der Waals surface area contributed by atoms with Gasteiger partial charge in [0.1, 0.15) is 12.0 Å². The molecule has 2 amide bonds. The third-order valence-electron chi connectivity index (χ3n) is 5.48. The Balaban J connectivity index is 1.77. The standard InChI is InChI=1S/C21H23N3O3/c1-2-12-27-14-18(25)24-11-9-21(19(24)15-6-5-10-22-13-15)16-7-3-4-8-17(16)23-20(21)26/h3-8,10,13,19H,2,9,11-12,14H2,1H3,(H,23,26). The molecule has 3 heterocycles. The fraction of sp³-hybridized carbons (Fsp3) is 0.381. The molecule has 1 saturated heterocycles. The van der Waals surface area contributed by atoms with Crippen molar-refractivity contribution in [1.29, 1.82) is 0 Å². The van der Waals surface area contributed by atoms with Gasteiger partial charge in [0.05, 0.1) is 6.04 Å². The number of ether oxygens (including phenoxy) is 1. The molecule has 1 aromatic carbocycles. The van der Waals surface area contributed by atoms with Crippen molar-refractivity contribution in [2.75, 3.05) is 25.1 Å². The number of hydrogen-bond donors (Lipinski definition) is 1. The molecular formula is C21H23N3O3. The van der Waals surface area contributed by atoms with E-state index in [2.05, 4.69) is 10.3 Å². The Morgan fingerprint density at radius 2 is 2.19 bits per heavy atom. The Labute approximate surface area is 158 Å². The van der Waals surface area contributed by atoms with Crippen LogP contribution in [-0.4, -0.2) is 41.5 Å². The van der Waals surface area contributed by atoms with Gasteiger partial charge in [-0.3, -0.25) is 14.6 Å². The third kappa shape index (κ3) is 2.80. The molecule has 2 aliphatic heterocycles. The number of amides is 2. The number of hydrogen-bond acceptors (Lipinski definition) is 4. The number of para-hydroxylation sites is 1. The van der Waals surface area contributed by atoms with Crippen LogP contribution in [0.5, 0.6) is 0 Å². The zero-order valence-corrected chi connectivity index (χ0v) is 15.4. The van der Waals surface area contributed by atoms with Gasteiger partial charge in [0, 0.05) is 31.2 Å². The summed E-state index contributed by atoms with van der Waals surface area (Å²) in [6.45, 7) is 3.10. The van der Waals surface area contributed by atoms with Crippen molar-refractivity contribution in [2.24, 2.45) is 0 Å². The van der Waals surface area contributed by atoms with Crippen LogP contribution in [0.2, 0.25) is 0 Å². The Hall–Kier alpha value is -2.73. The minimum Gasteiger partial charge on any atom is -0.372 e. The third-order valence-corrected chi connectivity index (χ3v) is 5.48. The predicted octanol–water partition coefficient (Wildman–Crippen LogP) is 2.67. The van der Waals surface area contributed by atoms with Crippen molar-refractivity contribution in [3.8, 4) is 0 Å². The summed E-state index contributed by atoms with van der Waals surface area (Å²) in [7, 11) is 0. The van der Waals surface area contributed by atoms with Crippen molar-refractivity contribution in [2.45, 2.75) is 31.2 Å². The summed E-state index contributed by atoms with van der Waals surface area (Å²) in [4.78, 5) is 32.1. The van der Waals surface area contributed by atoms with Gasteiger partial charge in [0.2, 0.25) is 11.8 Å². The summed E-state index contributed by atoms with van der Waals surface area (Å²) >= 11 is 0. The highest BCUT2D eigenvalue weighted by Gasteiger charge is 2.59. The highest BCUT2D eigenvalue weighted by atomic mass is 16.5. The quantitative estimate of drug-likeness (QED) is 0.827. The summed E-state index contributed by atoms with van der Waals surface area (Å²) in [6, 6.07) is 11.1. The number of aromatic nitrogens is 1. The maximum Gasteiger partial charge on any atom is 0.249 e. The number of anilines is 1. The number of nitrogens with one attached hydrogen (secondary N) is 1. The number of rotatable bonds is 5. The molecule has 6 nitrogen and oxygen atoms in total. The number of carbonyl (C=O) groups excluding carboxylic acids is 2. The zero-order valence-electron chi connectivity index (χ0n) is 15.4. The van der Waals surface area contributed by atoms with Crippen LogP contribution in [0.25, 0.3) is 0 Å². The van der Waals surface area contributed by atoms with Crippen LogP contribution in [0.1, 0.15) is 36.9 Å². The summed E-state index contributed by atoms with van der Waals surface area (Å²) in [5, 5.41) is 3.01. The van der Waals surface area contributed by atoms with Gasteiger partial charge in [-0.25, -0.2) is 0 Å². The van der Waals surface area contributed by atoms with Crippen LogP contribution in [0.15, 0.2) is 48.8 Å². The first-order valence-corrected chi connectivity index (χ1v) is 9.36. The van der Waals surface area contributed by atoms with E-state index >= 15 is 0 Å². The van der Waals surface area contributed by atoms with E-state index in [-0.39, 0.29) is 18.4 Å². The molecule has 0 saturated carbocycles. The normalized spacial score (nSPS) is 23.5. The van der Waals surface area contributed by atoms with Crippen LogP contribution >= 0.6 is 0 Å². The molecular weight excluding hydrogens is 342 g/mol. The first-order valence-electron chi connectivity index (χ1n) is 9.36. The van der Waals surface area contributed by atoms with Gasteiger partial charge < -0.3 is 15.0 Å². The average Bonchev–Trinajstić information content (AvgIpc) is 3.23. The van der Waals surface area contributed by atoms with Crippen LogP contribution in [0.3, 0.4) is 0 Å². The highest BCUT2D eigenvalue weighted by Crippen LogP contribution is 2.54. The van der Waals surface area contributed by atoms with Crippen LogP contribution < -0.4 is 5.32 Å². The van der Waals surface area contributed by atoms with Crippen LogP contribution in [0.4, 0.5) is 5.69 Å². The second kappa shape index (κ2) is 7.12. The van der Waals surface area contributed by atoms with Gasteiger partial charge in [-0.1, -0.05) is 31.2 Å². The van der Waals surface area contributed by atoms with Gasteiger partial charge in [-0.05, 0) is 36.1 Å². The van der Waals surface area contributed by atoms with E-state index in [4.69, 9.17) is 4.74 Å². The lowest BCUT2D eigenvalue weighted by Gasteiger charge is -2.34. The fourth-order valence-corrected chi connectivity index (χ4v) is 4.34. The molecule has 2 atom stereocenters. The number of nitrogens with zero attached hydrogens (tertiary/aromatic N) is 2. The van der Waals surface area contributed by atoms with Gasteiger partial charge >= 0.3 is 0 Å². The van der Waals surface area contributed by atoms with Crippen molar-refractivity contribution in [3.05, 3.63) is 59.9 Å². The Morgan fingerprint density at radius 3 is 2.96 bits per heavy atom. The van der Waals surface area contributed by atoms with Gasteiger partial charge in [0.15, 0.2) is 0 Å². The zero-order chi connectivity index (χ0) is 18.9. The Morgan fingerprint density at radius 1 is 1.33 bits per heavy atom. The summed E-state index contributed by atoms with van der Waals surface area (Å²) < 4.78 is 5.48. The Bertz CT molecular complexity index is 855. The molecule has 1 spiro atoms. The molecule has 1 N–H and O–H groups in total. The second-order valence-corrected chi connectivity index (χ2v) is 7.05. The topological polar surface area (TPSA) is 71.5 Å². The van der Waals surface area contributed by atoms with E-state index in [9.17, 15) is 9.59 Å². The lowest BCUT2D eigenvalue weighted by atomic mass is 9.73. The van der Waals surface area contributed by atoms with Gasteiger partial charge in [-0.2, -0.15) is 0 Å². The smallest absolute Gasteiger partial charge is 0.249 e. The first kappa shape index (κ1) is 17.7. The number of benzene rings is 1. The SMILES string of the molecule is CCCOCC(=O)N1CCC2(C(=O)Nc3ccccc32)C1c1cccnc1. The summed E-state index contributed by atoms with van der Waals surface area (Å²) in [6.07, 6.45) is 4.89. The number of carbonyl (C=O) groups is 2. The average molecular weight is 365 g/mol. The molecule has 140 valence electrons. The largest absolute Gasteiger partial charge is 0.372 e. The fourth-order valence-electron chi connectivity index (χ4n) is 4.34. The van der Waals surface area contributed by atoms with E-state index in [1.54, 1.807) is 17.3 Å². The number of fused-ring (bicyclic) bond motifs is 2. The minimum atomic E-state index is -0.792. The second-order valence-electron chi connectivity index (χ2n) is 7.05. The van der Waals surface area contributed by atoms with Crippen molar-refractivity contribution in [1.82, 2.24) is 9.88 Å². The maximum atomic E-state index is 13.2. The molecule has 1 aromatic heterocycles. The van der Waals surface area contributed by atoms with Gasteiger partial charge in [-0.15, -0.1) is 0 Å². The molecule has 4 rings (SSSR count). The van der Waals surface area contributed by atoms with E-state index < -0.39 is 11.5 Å². The van der Waals surface area contributed by atoms with Crippen molar-refractivity contribution < 1.29 is 14.3 Å². The van der Waals surface area contributed by atoms with E-state index in [1.165, 1.54) is 0 Å². The van der Waals surface area contributed by atoms with E-state index in [1.807, 2.05) is 43.3 Å². The van der Waals surface area contributed by atoms with E-state index in [0.717, 1.165) is 23.2 Å². The summed E-state index contributed by atoms with van der Waals surface area (Å²) in [5.41, 5.74) is 1.85. The van der Waals surface area contributed by atoms with Gasteiger partial charge in [0.25, 0.3) is 0 Å². The lowest BCUT2D eigenvalue weighted by Crippen LogP contribution is -2.43. The van der Waals surface area contributed by atoms with Crippen LogP contribution in [-0.2, 0) is 19.7 Å². The maximum absolute atomic E-state index is 13.2. The Kier molecular flexibility index (Phi) is 4.66. The number of pyridine rings is 1. The molecule has 27 heavy (non-hydrogen) atoms. The highest BCUT2D eigenvalue weighted by molar-refractivity contribution is 6.07. The lowest BCUT2D eigenvalue weighted by molar-refractivity contribution is -0.138. The molecule has 0 radical (unpaired) electrons. The molecule has 6 heteroatoms. The molecule has 2 aromatic rings. The predicted molar refractivity (Wildman–Crippen MR) is 101 cm³/mol. The molecule has 2 aliphatic rings. The monoisotopic (exact) mass is 365 g/mol.